The SMILES string of the molecule is CC(C)(C)c1ccc(C(CNS(=O)(=O)c2ccccc2)C(=O)O)cc1. The van der Waals surface area contributed by atoms with Crippen LogP contribution in [0.15, 0.2) is 59.5 Å². The fourth-order valence-corrected chi connectivity index (χ4v) is 3.51. The van der Waals surface area contributed by atoms with Crippen molar-refractivity contribution >= 4 is 16.0 Å². The zero-order chi connectivity index (χ0) is 18.7. The van der Waals surface area contributed by atoms with Crippen molar-refractivity contribution in [3.05, 3.63) is 65.7 Å². The molecule has 0 amide bonds. The van der Waals surface area contributed by atoms with Gasteiger partial charge >= 0.3 is 5.97 Å². The molecule has 0 saturated carbocycles. The highest BCUT2D eigenvalue weighted by molar-refractivity contribution is 7.89. The maximum atomic E-state index is 12.3. The summed E-state index contributed by atoms with van der Waals surface area (Å²) in [5.41, 5.74) is 1.62. The number of rotatable bonds is 6. The summed E-state index contributed by atoms with van der Waals surface area (Å²) in [4.78, 5) is 11.7. The predicted octanol–water partition coefficient (Wildman–Crippen LogP) is 3.13. The molecule has 1 atom stereocenters. The van der Waals surface area contributed by atoms with Gasteiger partial charge < -0.3 is 5.11 Å². The summed E-state index contributed by atoms with van der Waals surface area (Å²) in [5, 5.41) is 9.49. The molecule has 2 N–H and O–H groups in total. The minimum atomic E-state index is -3.74. The van der Waals surface area contributed by atoms with Crippen molar-refractivity contribution in [1.29, 1.82) is 0 Å². The molecule has 6 heteroatoms. The summed E-state index contributed by atoms with van der Waals surface area (Å²) in [6, 6.07) is 15.2. The molecular formula is C19H23NO4S. The molecule has 2 aromatic carbocycles. The van der Waals surface area contributed by atoms with E-state index in [0.29, 0.717) is 5.56 Å². The number of aliphatic carboxylic acids is 1. The third-order valence-electron chi connectivity index (χ3n) is 4.01. The summed E-state index contributed by atoms with van der Waals surface area (Å²) < 4.78 is 26.9. The molecule has 0 heterocycles. The number of hydrogen-bond acceptors (Lipinski definition) is 3. The second-order valence-corrected chi connectivity index (χ2v) is 8.69. The normalized spacial score (nSPS) is 13.4. The maximum absolute atomic E-state index is 12.3. The molecule has 0 aliphatic carbocycles. The quantitative estimate of drug-likeness (QED) is 0.828. The van der Waals surface area contributed by atoms with Crippen molar-refractivity contribution in [2.45, 2.75) is 37.0 Å². The van der Waals surface area contributed by atoms with Gasteiger partial charge in [0.05, 0.1) is 10.8 Å². The van der Waals surface area contributed by atoms with Crippen LogP contribution < -0.4 is 4.72 Å². The van der Waals surface area contributed by atoms with Gasteiger partial charge in [0, 0.05) is 6.54 Å². The monoisotopic (exact) mass is 361 g/mol. The lowest BCUT2D eigenvalue weighted by Gasteiger charge is -2.20. The van der Waals surface area contributed by atoms with Gasteiger partial charge in [0.25, 0.3) is 0 Å². The number of benzene rings is 2. The van der Waals surface area contributed by atoms with E-state index in [0.717, 1.165) is 5.56 Å². The highest BCUT2D eigenvalue weighted by Gasteiger charge is 2.24. The molecule has 0 radical (unpaired) electrons. The van der Waals surface area contributed by atoms with Crippen LogP contribution in [0.2, 0.25) is 0 Å². The summed E-state index contributed by atoms with van der Waals surface area (Å²) >= 11 is 0. The van der Waals surface area contributed by atoms with Crippen molar-refractivity contribution < 1.29 is 18.3 Å². The average molecular weight is 361 g/mol. The van der Waals surface area contributed by atoms with E-state index in [-0.39, 0.29) is 16.9 Å². The number of sulfonamides is 1. The fraction of sp³-hybridized carbons (Fsp3) is 0.316. The Morgan fingerprint density at radius 2 is 1.60 bits per heavy atom. The van der Waals surface area contributed by atoms with Crippen molar-refractivity contribution in [2.75, 3.05) is 6.54 Å². The van der Waals surface area contributed by atoms with E-state index >= 15 is 0 Å². The van der Waals surface area contributed by atoms with Crippen LogP contribution in [0.4, 0.5) is 0 Å². The summed E-state index contributed by atoms with van der Waals surface area (Å²) in [6.07, 6.45) is 0. The zero-order valence-corrected chi connectivity index (χ0v) is 15.4. The fourth-order valence-electron chi connectivity index (χ4n) is 2.44. The second-order valence-electron chi connectivity index (χ2n) is 6.93. The van der Waals surface area contributed by atoms with E-state index in [2.05, 4.69) is 25.5 Å². The minimum Gasteiger partial charge on any atom is -0.481 e. The summed E-state index contributed by atoms with van der Waals surface area (Å²) in [7, 11) is -3.74. The third-order valence-corrected chi connectivity index (χ3v) is 5.45. The smallest absolute Gasteiger partial charge is 0.312 e. The Labute approximate surface area is 148 Å². The molecule has 2 aromatic rings. The molecule has 0 fully saturated rings. The largest absolute Gasteiger partial charge is 0.481 e. The van der Waals surface area contributed by atoms with Crippen LogP contribution in [-0.2, 0) is 20.2 Å². The summed E-state index contributed by atoms with van der Waals surface area (Å²) in [6.45, 7) is 6.02. The molecule has 2 rings (SSSR count). The number of carbonyl (C=O) groups is 1. The zero-order valence-electron chi connectivity index (χ0n) is 14.6. The molecule has 0 bridgehead atoms. The molecule has 0 aliphatic rings. The molecule has 134 valence electrons. The first-order chi connectivity index (χ1) is 11.6. The van der Waals surface area contributed by atoms with E-state index in [1.165, 1.54) is 12.1 Å². The predicted molar refractivity (Wildman–Crippen MR) is 97.1 cm³/mol. The van der Waals surface area contributed by atoms with Gasteiger partial charge in [-0.1, -0.05) is 63.2 Å². The van der Waals surface area contributed by atoms with E-state index in [9.17, 15) is 18.3 Å². The first-order valence-electron chi connectivity index (χ1n) is 7.99. The molecule has 0 spiro atoms. The third kappa shape index (κ3) is 4.90. The number of hydrogen-bond donors (Lipinski definition) is 2. The van der Waals surface area contributed by atoms with Gasteiger partial charge in [-0.05, 0) is 28.7 Å². The van der Waals surface area contributed by atoms with Crippen LogP contribution in [0.5, 0.6) is 0 Å². The van der Waals surface area contributed by atoms with Gasteiger partial charge in [0.1, 0.15) is 0 Å². The van der Waals surface area contributed by atoms with Gasteiger partial charge in [0.15, 0.2) is 0 Å². The van der Waals surface area contributed by atoms with Gasteiger partial charge in [0.2, 0.25) is 10.0 Å². The number of nitrogens with one attached hydrogen (secondary N) is 1. The van der Waals surface area contributed by atoms with E-state index in [1.807, 2.05) is 12.1 Å². The minimum absolute atomic E-state index is 0.0356. The maximum Gasteiger partial charge on any atom is 0.312 e. The Kier molecular flexibility index (Phi) is 5.65. The van der Waals surface area contributed by atoms with Crippen LogP contribution in [-0.4, -0.2) is 26.0 Å². The Morgan fingerprint density at radius 3 is 2.08 bits per heavy atom. The van der Waals surface area contributed by atoms with Gasteiger partial charge in [-0.2, -0.15) is 0 Å². The molecule has 25 heavy (non-hydrogen) atoms. The Hall–Kier alpha value is -2.18. The van der Waals surface area contributed by atoms with Crippen molar-refractivity contribution in [2.24, 2.45) is 0 Å². The van der Waals surface area contributed by atoms with Gasteiger partial charge in [-0.3, -0.25) is 4.79 Å². The van der Waals surface area contributed by atoms with Gasteiger partial charge in [-0.15, -0.1) is 0 Å². The lowest BCUT2D eigenvalue weighted by atomic mass is 9.85. The highest BCUT2D eigenvalue weighted by atomic mass is 32.2. The van der Waals surface area contributed by atoms with Crippen LogP contribution in [0.3, 0.4) is 0 Å². The van der Waals surface area contributed by atoms with Crippen LogP contribution >= 0.6 is 0 Å². The molecule has 1 unspecified atom stereocenters. The number of carboxylic acids is 1. The first-order valence-corrected chi connectivity index (χ1v) is 9.47. The van der Waals surface area contributed by atoms with Crippen LogP contribution in [0.1, 0.15) is 37.8 Å². The van der Waals surface area contributed by atoms with Crippen LogP contribution in [0.25, 0.3) is 0 Å². The molecule has 5 nitrogen and oxygen atoms in total. The second kappa shape index (κ2) is 7.37. The van der Waals surface area contributed by atoms with E-state index in [4.69, 9.17) is 0 Å². The summed E-state index contributed by atoms with van der Waals surface area (Å²) in [5.74, 6) is -2.02. The molecule has 0 saturated heterocycles. The van der Waals surface area contributed by atoms with Crippen molar-refractivity contribution in [3.8, 4) is 0 Å². The lowest BCUT2D eigenvalue weighted by molar-refractivity contribution is -0.138. The van der Waals surface area contributed by atoms with E-state index in [1.54, 1.807) is 30.3 Å². The van der Waals surface area contributed by atoms with Crippen LogP contribution in [0, 0.1) is 0 Å². The first kappa shape index (κ1) is 19.1. The topological polar surface area (TPSA) is 83.5 Å². The van der Waals surface area contributed by atoms with Gasteiger partial charge in [-0.25, -0.2) is 13.1 Å². The number of carboxylic acid groups (broad SMARTS) is 1. The molecule has 0 aromatic heterocycles. The Morgan fingerprint density at radius 1 is 1.04 bits per heavy atom. The van der Waals surface area contributed by atoms with E-state index < -0.39 is 21.9 Å². The average Bonchev–Trinajstić information content (AvgIpc) is 2.55. The highest BCUT2D eigenvalue weighted by Crippen LogP contribution is 2.25. The standard InChI is InChI=1S/C19H23NO4S/c1-19(2,3)15-11-9-14(10-12-15)17(18(21)22)13-20-25(23,24)16-7-5-4-6-8-16/h4-12,17,20H,13H2,1-3H3,(H,21,22). The van der Waals surface area contributed by atoms with Crippen molar-refractivity contribution in [1.82, 2.24) is 4.72 Å². The Bertz CT molecular complexity index is 822. The molecule has 0 aliphatic heterocycles. The van der Waals surface area contributed by atoms with Crippen molar-refractivity contribution in [3.63, 3.8) is 0 Å². The molecular weight excluding hydrogens is 338 g/mol. The Balaban J connectivity index is 2.18. The lowest BCUT2D eigenvalue weighted by Crippen LogP contribution is -2.31.